The van der Waals surface area contributed by atoms with Crippen molar-refractivity contribution in [2.24, 2.45) is 0 Å². The molecule has 2 aromatic rings. The van der Waals surface area contributed by atoms with Gasteiger partial charge >= 0.3 is 0 Å². The predicted octanol–water partition coefficient (Wildman–Crippen LogP) is 3.57. The van der Waals surface area contributed by atoms with E-state index in [1.165, 1.54) is 6.07 Å². The number of halogens is 2. The maximum absolute atomic E-state index is 13.8. The fraction of sp³-hybridized carbons (Fsp3) is 0.214. The van der Waals surface area contributed by atoms with Crippen LogP contribution in [0.15, 0.2) is 42.6 Å². The Morgan fingerprint density at radius 3 is 2.83 bits per heavy atom. The van der Waals surface area contributed by atoms with Gasteiger partial charge in [0.25, 0.3) is 0 Å². The number of benzene rings is 1. The van der Waals surface area contributed by atoms with Gasteiger partial charge in [-0.2, -0.15) is 0 Å². The van der Waals surface area contributed by atoms with Crippen LogP contribution in [0.1, 0.15) is 24.2 Å². The summed E-state index contributed by atoms with van der Waals surface area (Å²) < 4.78 is 13.8. The molecule has 0 aliphatic carbocycles. The molecule has 0 saturated heterocycles. The molecule has 1 N–H and O–H groups in total. The van der Waals surface area contributed by atoms with Crippen LogP contribution in [0.25, 0.3) is 0 Å². The lowest BCUT2D eigenvalue weighted by atomic mass is 10.0. The molecule has 2 nitrogen and oxygen atoms in total. The minimum Gasteiger partial charge on any atom is -0.305 e. The topological polar surface area (TPSA) is 24.9 Å². The zero-order valence-electron chi connectivity index (χ0n) is 10.0. The lowest BCUT2D eigenvalue weighted by molar-refractivity contribution is 0.543. The molecule has 18 heavy (non-hydrogen) atoms. The molecule has 0 amide bonds. The minimum atomic E-state index is -0.316. The summed E-state index contributed by atoms with van der Waals surface area (Å²) in [5.41, 5.74) is 1.29. The Labute approximate surface area is 111 Å². The molecule has 1 aromatic carbocycles. The van der Waals surface area contributed by atoms with Crippen molar-refractivity contribution in [1.82, 2.24) is 10.3 Å². The van der Waals surface area contributed by atoms with Crippen LogP contribution in [0.4, 0.5) is 4.39 Å². The first-order valence-corrected chi connectivity index (χ1v) is 6.19. The van der Waals surface area contributed by atoms with E-state index in [-0.39, 0.29) is 11.9 Å². The van der Waals surface area contributed by atoms with Gasteiger partial charge in [0.15, 0.2) is 0 Å². The lowest BCUT2D eigenvalue weighted by Gasteiger charge is -2.18. The quantitative estimate of drug-likeness (QED) is 0.913. The van der Waals surface area contributed by atoms with Gasteiger partial charge in [-0.25, -0.2) is 4.39 Å². The monoisotopic (exact) mass is 264 g/mol. The highest BCUT2D eigenvalue weighted by Crippen LogP contribution is 2.24. The first-order valence-electron chi connectivity index (χ1n) is 5.81. The average molecular weight is 265 g/mol. The van der Waals surface area contributed by atoms with Gasteiger partial charge in [0.2, 0.25) is 0 Å². The third kappa shape index (κ3) is 2.86. The molecule has 0 aliphatic heterocycles. The SMILES string of the molecule is CCNC(c1cccc(Cl)c1)c1ncccc1F. The lowest BCUT2D eigenvalue weighted by Crippen LogP contribution is -2.24. The summed E-state index contributed by atoms with van der Waals surface area (Å²) >= 11 is 5.97. The highest BCUT2D eigenvalue weighted by Gasteiger charge is 2.18. The molecule has 0 aliphatic rings. The average Bonchev–Trinajstić information content (AvgIpc) is 2.37. The normalized spacial score (nSPS) is 12.4. The molecule has 1 unspecified atom stereocenters. The molecule has 4 heteroatoms. The van der Waals surface area contributed by atoms with Gasteiger partial charge < -0.3 is 5.32 Å². The molecular formula is C14H14ClFN2. The largest absolute Gasteiger partial charge is 0.305 e. The van der Waals surface area contributed by atoms with E-state index in [1.54, 1.807) is 18.3 Å². The minimum absolute atomic E-state index is 0.283. The Morgan fingerprint density at radius 1 is 1.33 bits per heavy atom. The number of rotatable bonds is 4. The Kier molecular flexibility index (Phi) is 4.28. The molecule has 0 radical (unpaired) electrons. The number of hydrogen-bond donors (Lipinski definition) is 1. The van der Waals surface area contributed by atoms with E-state index < -0.39 is 0 Å². The molecule has 2 rings (SSSR count). The van der Waals surface area contributed by atoms with Crippen LogP contribution in [0, 0.1) is 5.82 Å². The second-order valence-corrected chi connectivity index (χ2v) is 4.35. The predicted molar refractivity (Wildman–Crippen MR) is 71.2 cm³/mol. The summed E-state index contributed by atoms with van der Waals surface area (Å²) in [5.74, 6) is -0.316. The van der Waals surface area contributed by atoms with Crippen molar-refractivity contribution >= 4 is 11.6 Å². The smallest absolute Gasteiger partial charge is 0.146 e. The molecular weight excluding hydrogens is 251 g/mol. The van der Waals surface area contributed by atoms with Crippen molar-refractivity contribution < 1.29 is 4.39 Å². The highest BCUT2D eigenvalue weighted by atomic mass is 35.5. The van der Waals surface area contributed by atoms with E-state index in [4.69, 9.17) is 11.6 Å². The number of pyridine rings is 1. The van der Waals surface area contributed by atoms with Crippen molar-refractivity contribution in [1.29, 1.82) is 0 Å². The summed E-state index contributed by atoms with van der Waals surface area (Å²) in [6.45, 7) is 2.69. The number of nitrogens with zero attached hydrogens (tertiary/aromatic N) is 1. The molecule has 1 aromatic heterocycles. The third-order valence-electron chi connectivity index (χ3n) is 2.65. The van der Waals surface area contributed by atoms with Gasteiger partial charge in [-0.15, -0.1) is 0 Å². The van der Waals surface area contributed by atoms with Gasteiger partial charge in [0.05, 0.1) is 11.7 Å². The van der Waals surface area contributed by atoms with Gasteiger partial charge in [0.1, 0.15) is 5.82 Å². The molecule has 1 heterocycles. The summed E-state index contributed by atoms with van der Waals surface area (Å²) in [7, 11) is 0. The zero-order valence-corrected chi connectivity index (χ0v) is 10.8. The first kappa shape index (κ1) is 13.0. The van der Waals surface area contributed by atoms with E-state index in [2.05, 4.69) is 10.3 Å². The van der Waals surface area contributed by atoms with Crippen LogP contribution >= 0.6 is 11.6 Å². The second kappa shape index (κ2) is 5.94. The Morgan fingerprint density at radius 2 is 2.17 bits per heavy atom. The Hall–Kier alpha value is -1.45. The molecule has 0 bridgehead atoms. The van der Waals surface area contributed by atoms with Crippen molar-refractivity contribution in [2.75, 3.05) is 6.54 Å². The second-order valence-electron chi connectivity index (χ2n) is 3.92. The first-order chi connectivity index (χ1) is 8.72. The van der Waals surface area contributed by atoms with E-state index >= 15 is 0 Å². The Bertz CT molecular complexity index is 531. The van der Waals surface area contributed by atoms with E-state index in [0.29, 0.717) is 17.3 Å². The number of aromatic nitrogens is 1. The molecule has 1 atom stereocenters. The highest BCUT2D eigenvalue weighted by molar-refractivity contribution is 6.30. The number of hydrogen-bond acceptors (Lipinski definition) is 2. The van der Waals surface area contributed by atoms with Crippen LogP contribution in [-0.2, 0) is 0 Å². The van der Waals surface area contributed by atoms with Crippen LogP contribution in [0.2, 0.25) is 5.02 Å². The number of nitrogens with one attached hydrogen (secondary N) is 1. The third-order valence-corrected chi connectivity index (χ3v) is 2.89. The van der Waals surface area contributed by atoms with Crippen LogP contribution in [-0.4, -0.2) is 11.5 Å². The van der Waals surface area contributed by atoms with Gasteiger partial charge in [0, 0.05) is 11.2 Å². The molecule has 0 spiro atoms. The van der Waals surface area contributed by atoms with Gasteiger partial charge in [-0.3, -0.25) is 4.98 Å². The van der Waals surface area contributed by atoms with Crippen LogP contribution < -0.4 is 5.32 Å². The van der Waals surface area contributed by atoms with Crippen molar-refractivity contribution in [3.05, 3.63) is 64.7 Å². The van der Waals surface area contributed by atoms with Crippen molar-refractivity contribution in [3.8, 4) is 0 Å². The van der Waals surface area contributed by atoms with Gasteiger partial charge in [-0.05, 0) is 36.4 Å². The van der Waals surface area contributed by atoms with Crippen LogP contribution in [0.3, 0.4) is 0 Å². The van der Waals surface area contributed by atoms with Crippen molar-refractivity contribution in [3.63, 3.8) is 0 Å². The van der Waals surface area contributed by atoms with Gasteiger partial charge in [-0.1, -0.05) is 30.7 Å². The molecule has 0 fully saturated rings. The fourth-order valence-corrected chi connectivity index (χ4v) is 2.07. The van der Waals surface area contributed by atoms with E-state index in [0.717, 1.165) is 5.56 Å². The summed E-state index contributed by atoms with van der Waals surface area (Å²) in [6.07, 6.45) is 1.59. The zero-order chi connectivity index (χ0) is 13.0. The molecule has 0 saturated carbocycles. The van der Waals surface area contributed by atoms with E-state index in [9.17, 15) is 4.39 Å². The van der Waals surface area contributed by atoms with E-state index in [1.807, 2.05) is 25.1 Å². The van der Waals surface area contributed by atoms with Crippen LogP contribution in [0.5, 0.6) is 0 Å². The standard InChI is InChI=1S/C14H14ClFN2/c1-2-17-13(10-5-3-6-11(15)9-10)14-12(16)7-4-8-18-14/h3-9,13,17H,2H2,1H3. The fourth-order valence-electron chi connectivity index (χ4n) is 1.87. The maximum atomic E-state index is 13.8. The maximum Gasteiger partial charge on any atom is 0.146 e. The summed E-state index contributed by atoms with van der Waals surface area (Å²) in [5, 5.41) is 3.85. The van der Waals surface area contributed by atoms with Crippen molar-refractivity contribution in [2.45, 2.75) is 13.0 Å². The summed E-state index contributed by atoms with van der Waals surface area (Å²) in [4.78, 5) is 4.12. The molecule has 94 valence electrons. The summed E-state index contributed by atoms with van der Waals surface area (Å²) in [6, 6.07) is 10.1. The Balaban J connectivity index is 2.43.